The fourth-order valence-electron chi connectivity index (χ4n) is 4.41. The van der Waals surface area contributed by atoms with Crippen LogP contribution in [0.25, 0.3) is 0 Å². The molecule has 29 heavy (non-hydrogen) atoms. The van der Waals surface area contributed by atoms with Gasteiger partial charge in [0.25, 0.3) is 5.91 Å². The molecule has 1 saturated carbocycles. The van der Waals surface area contributed by atoms with Gasteiger partial charge in [0.2, 0.25) is 10.0 Å². The summed E-state index contributed by atoms with van der Waals surface area (Å²) in [6.07, 6.45) is 5.33. The van der Waals surface area contributed by atoms with Crippen LogP contribution in [0.15, 0.2) is 29.2 Å². The van der Waals surface area contributed by atoms with Gasteiger partial charge in [-0.2, -0.15) is 4.31 Å². The predicted octanol–water partition coefficient (Wildman–Crippen LogP) is 1.85. The summed E-state index contributed by atoms with van der Waals surface area (Å²) in [5, 5.41) is 2.92. The Bertz CT molecular complexity index is 887. The summed E-state index contributed by atoms with van der Waals surface area (Å²) in [6.45, 7) is 1.47. The van der Waals surface area contributed by atoms with Crippen LogP contribution in [0.2, 0.25) is 0 Å². The van der Waals surface area contributed by atoms with Crippen molar-refractivity contribution in [3.05, 3.63) is 29.8 Å². The Balaban J connectivity index is 1.53. The summed E-state index contributed by atoms with van der Waals surface area (Å²) in [5.74, 6) is -0.189. The Morgan fingerprint density at radius 3 is 2.41 bits per heavy atom. The van der Waals surface area contributed by atoms with E-state index in [9.17, 15) is 18.0 Å². The molecule has 1 spiro atoms. The van der Waals surface area contributed by atoms with Crippen LogP contribution in [-0.2, 0) is 26.1 Å². The third kappa shape index (κ3) is 3.91. The lowest BCUT2D eigenvalue weighted by atomic mass is 9.90. The number of imide groups is 1. The van der Waals surface area contributed by atoms with Crippen LogP contribution >= 0.6 is 0 Å². The zero-order valence-electron chi connectivity index (χ0n) is 16.4. The van der Waals surface area contributed by atoms with E-state index < -0.39 is 21.6 Å². The van der Waals surface area contributed by atoms with E-state index in [-0.39, 0.29) is 17.3 Å². The molecule has 0 aromatic heterocycles. The molecule has 4 rings (SSSR count). The maximum absolute atomic E-state index is 13.1. The van der Waals surface area contributed by atoms with Gasteiger partial charge in [0.05, 0.1) is 24.7 Å². The first-order valence-corrected chi connectivity index (χ1v) is 11.7. The fraction of sp³-hybridized carbons (Fsp3) is 0.600. The van der Waals surface area contributed by atoms with Crippen LogP contribution in [0.1, 0.15) is 44.1 Å². The number of ether oxygens (including phenoxy) is 1. The van der Waals surface area contributed by atoms with E-state index in [1.807, 2.05) is 0 Å². The number of hydrogen-bond acceptors (Lipinski definition) is 5. The average molecular weight is 422 g/mol. The number of nitrogens with zero attached hydrogens (tertiary/aromatic N) is 2. The highest BCUT2D eigenvalue weighted by atomic mass is 32.2. The quantitative estimate of drug-likeness (QED) is 0.749. The van der Waals surface area contributed by atoms with Crippen LogP contribution in [0.3, 0.4) is 0 Å². The minimum atomic E-state index is -3.63. The number of rotatable bonds is 4. The molecular formula is C20H27N3O5S. The van der Waals surface area contributed by atoms with Crippen LogP contribution < -0.4 is 5.32 Å². The molecule has 2 saturated heterocycles. The van der Waals surface area contributed by atoms with Crippen LogP contribution in [0, 0.1) is 0 Å². The highest BCUT2D eigenvalue weighted by Gasteiger charge is 2.50. The predicted molar refractivity (Wildman–Crippen MR) is 106 cm³/mol. The topological polar surface area (TPSA) is 96.0 Å². The highest BCUT2D eigenvalue weighted by molar-refractivity contribution is 7.89. The molecule has 1 aromatic rings. The van der Waals surface area contributed by atoms with Crippen molar-refractivity contribution in [1.29, 1.82) is 0 Å². The molecule has 0 bridgehead atoms. The Labute approximate surface area is 171 Å². The van der Waals surface area contributed by atoms with E-state index in [1.54, 1.807) is 24.3 Å². The number of hydrogen-bond donors (Lipinski definition) is 1. The third-order valence-corrected chi connectivity index (χ3v) is 7.94. The van der Waals surface area contributed by atoms with Gasteiger partial charge in [0, 0.05) is 13.1 Å². The van der Waals surface area contributed by atoms with Gasteiger partial charge in [0.1, 0.15) is 5.54 Å². The van der Waals surface area contributed by atoms with E-state index in [4.69, 9.17) is 4.74 Å². The van der Waals surface area contributed by atoms with Crippen molar-refractivity contribution in [3.63, 3.8) is 0 Å². The van der Waals surface area contributed by atoms with Gasteiger partial charge in [-0.3, -0.25) is 9.69 Å². The summed E-state index contributed by atoms with van der Waals surface area (Å²) >= 11 is 0. The Hall–Kier alpha value is -1.97. The Morgan fingerprint density at radius 1 is 1.03 bits per heavy atom. The molecule has 1 aromatic carbocycles. The second kappa shape index (κ2) is 8.04. The first-order chi connectivity index (χ1) is 13.9. The molecule has 0 radical (unpaired) electrons. The van der Waals surface area contributed by atoms with Gasteiger partial charge in [-0.15, -0.1) is 0 Å². The molecule has 3 aliphatic rings. The minimum Gasteiger partial charge on any atom is -0.379 e. The van der Waals surface area contributed by atoms with Gasteiger partial charge in [-0.25, -0.2) is 13.2 Å². The van der Waals surface area contributed by atoms with Crippen molar-refractivity contribution in [2.24, 2.45) is 0 Å². The van der Waals surface area contributed by atoms with E-state index >= 15 is 0 Å². The number of amides is 3. The number of benzene rings is 1. The highest BCUT2D eigenvalue weighted by Crippen LogP contribution is 2.33. The van der Waals surface area contributed by atoms with E-state index in [0.29, 0.717) is 44.7 Å². The Kier molecular flexibility index (Phi) is 5.63. The van der Waals surface area contributed by atoms with Crippen molar-refractivity contribution < 1.29 is 22.7 Å². The average Bonchev–Trinajstić information content (AvgIpc) is 2.89. The van der Waals surface area contributed by atoms with E-state index in [0.717, 1.165) is 25.7 Å². The zero-order chi connectivity index (χ0) is 20.5. The molecule has 8 nitrogen and oxygen atoms in total. The molecule has 1 N–H and O–H groups in total. The lowest BCUT2D eigenvalue weighted by Crippen LogP contribution is -2.46. The molecule has 3 amide bonds. The Morgan fingerprint density at radius 2 is 1.72 bits per heavy atom. The first kappa shape index (κ1) is 20.3. The summed E-state index contributed by atoms with van der Waals surface area (Å²) in [7, 11) is -3.63. The molecule has 2 heterocycles. The maximum Gasteiger partial charge on any atom is 0.325 e. The number of sulfonamides is 1. The lowest BCUT2D eigenvalue weighted by Gasteiger charge is -2.26. The monoisotopic (exact) mass is 421 g/mol. The third-order valence-electron chi connectivity index (χ3n) is 6.05. The number of urea groups is 1. The summed E-state index contributed by atoms with van der Waals surface area (Å²) in [6, 6.07) is 6.12. The van der Waals surface area contributed by atoms with Gasteiger partial charge in [-0.05, 0) is 30.5 Å². The van der Waals surface area contributed by atoms with Crippen molar-refractivity contribution in [1.82, 2.24) is 14.5 Å². The van der Waals surface area contributed by atoms with Gasteiger partial charge in [-0.1, -0.05) is 37.8 Å². The molecule has 3 fully saturated rings. The van der Waals surface area contributed by atoms with Crippen molar-refractivity contribution in [3.8, 4) is 0 Å². The normalized spacial score (nSPS) is 23.2. The minimum absolute atomic E-state index is 0.0683. The number of nitrogens with one attached hydrogen (secondary N) is 1. The number of carbonyl (C=O) groups is 2. The van der Waals surface area contributed by atoms with Crippen molar-refractivity contribution in [2.45, 2.75) is 55.5 Å². The molecule has 158 valence electrons. The largest absolute Gasteiger partial charge is 0.379 e. The second-order valence-electron chi connectivity index (χ2n) is 7.98. The van der Waals surface area contributed by atoms with Crippen LogP contribution in [-0.4, -0.2) is 61.4 Å². The standard InChI is InChI=1S/C20H27N3O5S/c24-18-20(8-3-1-2-4-9-20)21-19(25)23(18)15-16-6-5-7-17(14-16)29(26,27)22-10-12-28-13-11-22/h5-7,14H,1-4,8-13,15H2,(H,21,25). The van der Waals surface area contributed by atoms with Gasteiger partial charge < -0.3 is 10.1 Å². The molecule has 1 aliphatic carbocycles. The zero-order valence-corrected chi connectivity index (χ0v) is 17.2. The molecule has 0 unspecified atom stereocenters. The number of carbonyl (C=O) groups excluding carboxylic acids is 2. The van der Waals surface area contributed by atoms with Gasteiger partial charge in [0.15, 0.2) is 0 Å². The summed E-state index contributed by atoms with van der Waals surface area (Å²) in [4.78, 5) is 27.0. The molecule has 0 atom stereocenters. The molecule has 2 aliphatic heterocycles. The second-order valence-corrected chi connectivity index (χ2v) is 9.92. The van der Waals surface area contributed by atoms with E-state index in [2.05, 4.69) is 5.32 Å². The first-order valence-electron chi connectivity index (χ1n) is 10.2. The van der Waals surface area contributed by atoms with Crippen LogP contribution in [0.4, 0.5) is 4.79 Å². The lowest BCUT2D eigenvalue weighted by molar-refractivity contribution is -0.132. The molecule has 9 heteroatoms. The van der Waals surface area contributed by atoms with Gasteiger partial charge >= 0.3 is 6.03 Å². The van der Waals surface area contributed by atoms with Crippen molar-refractivity contribution in [2.75, 3.05) is 26.3 Å². The fourth-order valence-corrected chi connectivity index (χ4v) is 5.89. The van der Waals surface area contributed by atoms with Crippen LogP contribution in [0.5, 0.6) is 0 Å². The maximum atomic E-state index is 13.1. The SMILES string of the molecule is O=C1NC2(CCCCCC2)C(=O)N1Cc1cccc(S(=O)(=O)N2CCOCC2)c1. The summed E-state index contributed by atoms with van der Waals surface area (Å²) < 4.78 is 32.4. The number of morpholine rings is 1. The smallest absolute Gasteiger partial charge is 0.325 e. The van der Waals surface area contributed by atoms with Crippen molar-refractivity contribution >= 4 is 22.0 Å². The van der Waals surface area contributed by atoms with E-state index in [1.165, 1.54) is 9.21 Å². The summed E-state index contributed by atoms with van der Waals surface area (Å²) in [5.41, 5.74) is -0.168. The molecular weight excluding hydrogens is 394 g/mol.